The van der Waals surface area contributed by atoms with Crippen molar-refractivity contribution in [2.75, 3.05) is 43.2 Å². The summed E-state index contributed by atoms with van der Waals surface area (Å²) in [7, 11) is 1.50. The molecular formula is C22H19Cl2N3O5. The molecule has 2 aromatic rings. The number of carbonyl (C=O) groups excluding carboxylic acids is 3. The monoisotopic (exact) mass is 475 g/mol. The summed E-state index contributed by atoms with van der Waals surface area (Å²) in [5, 5.41) is 2.37. The molecule has 1 N–H and O–H groups in total. The van der Waals surface area contributed by atoms with Crippen molar-refractivity contribution in [3.8, 4) is 5.75 Å². The third-order valence-electron chi connectivity index (χ3n) is 5.17. The third kappa shape index (κ3) is 4.17. The van der Waals surface area contributed by atoms with E-state index in [4.69, 9.17) is 32.7 Å². The van der Waals surface area contributed by atoms with Crippen LogP contribution in [0.25, 0.3) is 6.08 Å². The molecule has 2 saturated heterocycles. The van der Waals surface area contributed by atoms with Gasteiger partial charge in [0.05, 0.1) is 36.1 Å². The Morgan fingerprint density at radius 1 is 1.09 bits per heavy atom. The van der Waals surface area contributed by atoms with Gasteiger partial charge in [0.1, 0.15) is 11.3 Å². The van der Waals surface area contributed by atoms with E-state index in [0.717, 1.165) is 23.7 Å². The Labute approximate surface area is 194 Å². The average Bonchev–Trinajstić information content (AvgIpc) is 2.80. The van der Waals surface area contributed by atoms with Gasteiger partial charge in [0, 0.05) is 30.4 Å². The first-order valence-electron chi connectivity index (χ1n) is 9.77. The molecule has 2 heterocycles. The van der Waals surface area contributed by atoms with Crippen molar-refractivity contribution >= 4 is 58.5 Å². The van der Waals surface area contributed by atoms with Crippen LogP contribution in [0.4, 0.5) is 16.2 Å². The highest BCUT2D eigenvalue weighted by molar-refractivity contribution is 6.46. The molecule has 32 heavy (non-hydrogen) atoms. The predicted molar refractivity (Wildman–Crippen MR) is 121 cm³/mol. The third-order valence-corrected chi connectivity index (χ3v) is 5.98. The van der Waals surface area contributed by atoms with Crippen molar-refractivity contribution in [1.82, 2.24) is 5.32 Å². The van der Waals surface area contributed by atoms with Crippen molar-refractivity contribution in [3.05, 3.63) is 57.6 Å². The maximum atomic E-state index is 13.1. The number of imide groups is 2. The van der Waals surface area contributed by atoms with Gasteiger partial charge in [-0.2, -0.15) is 0 Å². The Hall–Kier alpha value is -3.07. The van der Waals surface area contributed by atoms with Gasteiger partial charge in [-0.25, -0.2) is 9.69 Å². The zero-order valence-corrected chi connectivity index (χ0v) is 18.6. The highest BCUT2D eigenvalue weighted by Gasteiger charge is 2.38. The molecule has 0 spiro atoms. The standard InChI is InChI=1S/C22H19Cl2N3O5/c1-31-18-12-14(26-7-9-32-10-8-26)6-5-13(18)11-15-20(28)25-22(30)27(21(15)29)17-4-2-3-16(23)19(17)24/h2-6,11-12H,7-10H2,1H3,(H,25,28,30)/b15-11+. The molecule has 8 nitrogen and oxygen atoms in total. The smallest absolute Gasteiger partial charge is 0.336 e. The summed E-state index contributed by atoms with van der Waals surface area (Å²) in [6, 6.07) is 9.11. The lowest BCUT2D eigenvalue weighted by atomic mass is 10.0. The highest BCUT2D eigenvalue weighted by atomic mass is 35.5. The van der Waals surface area contributed by atoms with Crippen molar-refractivity contribution < 1.29 is 23.9 Å². The molecule has 166 valence electrons. The fourth-order valence-corrected chi connectivity index (χ4v) is 3.91. The predicted octanol–water partition coefficient (Wildman–Crippen LogP) is 3.51. The second-order valence-corrected chi connectivity index (χ2v) is 7.84. The van der Waals surface area contributed by atoms with Crippen LogP contribution in [-0.2, 0) is 14.3 Å². The molecule has 0 aromatic heterocycles. The summed E-state index contributed by atoms with van der Waals surface area (Å²) >= 11 is 12.2. The van der Waals surface area contributed by atoms with Crippen molar-refractivity contribution in [2.45, 2.75) is 0 Å². The van der Waals surface area contributed by atoms with Crippen LogP contribution in [0, 0.1) is 0 Å². The molecule has 0 aliphatic carbocycles. The van der Waals surface area contributed by atoms with E-state index in [2.05, 4.69) is 10.2 Å². The molecule has 0 radical (unpaired) electrons. The number of nitrogens with zero attached hydrogens (tertiary/aromatic N) is 2. The number of ether oxygens (including phenoxy) is 2. The first-order chi connectivity index (χ1) is 15.4. The van der Waals surface area contributed by atoms with E-state index in [1.165, 1.54) is 25.3 Å². The number of methoxy groups -OCH3 is 1. The van der Waals surface area contributed by atoms with Crippen molar-refractivity contribution in [2.24, 2.45) is 0 Å². The lowest BCUT2D eigenvalue weighted by molar-refractivity contribution is -0.122. The first-order valence-corrected chi connectivity index (χ1v) is 10.5. The van der Waals surface area contributed by atoms with Crippen LogP contribution in [0.1, 0.15) is 5.56 Å². The van der Waals surface area contributed by atoms with Crippen molar-refractivity contribution in [1.29, 1.82) is 0 Å². The fourth-order valence-electron chi connectivity index (χ4n) is 3.53. The molecule has 2 aliphatic heterocycles. The maximum Gasteiger partial charge on any atom is 0.336 e. The molecule has 4 amide bonds. The largest absolute Gasteiger partial charge is 0.496 e. The van der Waals surface area contributed by atoms with Crippen LogP contribution < -0.4 is 19.9 Å². The Balaban J connectivity index is 1.70. The van der Waals surface area contributed by atoms with Gasteiger partial charge in [-0.05, 0) is 30.3 Å². The van der Waals surface area contributed by atoms with E-state index in [1.54, 1.807) is 12.1 Å². The summed E-state index contributed by atoms with van der Waals surface area (Å²) in [6.07, 6.45) is 1.39. The van der Waals surface area contributed by atoms with E-state index in [-0.39, 0.29) is 21.3 Å². The minimum absolute atomic E-state index is 0.0267. The summed E-state index contributed by atoms with van der Waals surface area (Å²) in [4.78, 5) is 41.0. The van der Waals surface area contributed by atoms with Crippen LogP contribution in [0.2, 0.25) is 10.0 Å². The fraction of sp³-hybridized carbons (Fsp3) is 0.227. The van der Waals surface area contributed by atoms with Gasteiger partial charge in [0.2, 0.25) is 0 Å². The van der Waals surface area contributed by atoms with E-state index in [0.29, 0.717) is 24.5 Å². The van der Waals surface area contributed by atoms with Gasteiger partial charge in [0.15, 0.2) is 0 Å². The Kier molecular flexibility index (Phi) is 6.36. The molecule has 2 aliphatic rings. The minimum atomic E-state index is -0.907. The number of anilines is 2. The molecule has 0 saturated carbocycles. The number of halogens is 2. The van der Waals surface area contributed by atoms with Gasteiger partial charge in [0.25, 0.3) is 11.8 Å². The lowest BCUT2D eigenvalue weighted by Gasteiger charge is -2.29. The Morgan fingerprint density at radius 2 is 1.84 bits per heavy atom. The van der Waals surface area contributed by atoms with Crippen LogP contribution in [0.3, 0.4) is 0 Å². The topological polar surface area (TPSA) is 88.2 Å². The Morgan fingerprint density at radius 3 is 2.56 bits per heavy atom. The average molecular weight is 476 g/mol. The number of hydrogen-bond donors (Lipinski definition) is 1. The van der Waals surface area contributed by atoms with Crippen molar-refractivity contribution in [3.63, 3.8) is 0 Å². The number of nitrogens with one attached hydrogen (secondary N) is 1. The second kappa shape index (κ2) is 9.20. The van der Waals surface area contributed by atoms with E-state index < -0.39 is 17.8 Å². The Bertz CT molecular complexity index is 1130. The summed E-state index contributed by atoms with van der Waals surface area (Å²) < 4.78 is 10.9. The van der Waals surface area contributed by atoms with Crippen LogP contribution in [0.5, 0.6) is 5.75 Å². The van der Waals surface area contributed by atoms with Gasteiger partial charge in [-0.3, -0.25) is 14.9 Å². The first kappa shape index (κ1) is 22.1. The van der Waals surface area contributed by atoms with Crippen LogP contribution in [0.15, 0.2) is 42.0 Å². The molecule has 10 heteroatoms. The van der Waals surface area contributed by atoms with E-state index in [1.807, 2.05) is 12.1 Å². The molecule has 2 fully saturated rings. The van der Waals surface area contributed by atoms with Gasteiger partial charge >= 0.3 is 6.03 Å². The van der Waals surface area contributed by atoms with Crippen LogP contribution >= 0.6 is 23.2 Å². The molecule has 4 rings (SSSR count). The molecule has 0 bridgehead atoms. The number of carbonyl (C=O) groups is 3. The molecule has 2 aromatic carbocycles. The maximum absolute atomic E-state index is 13.1. The van der Waals surface area contributed by atoms with E-state index in [9.17, 15) is 14.4 Å². The number of amides is 4. The van der Waals surface area contributed by atoms with Gasteiger partial charge < -0.3 is 14.4 Å². The number of hydrogen-bond acceptors (Lipinski definition) is 6. The summed E-state index contributed by atoms with van der Waals surface area (Å²) in [6.45, 7) is 2.78. The van der Waals surface area contributed by atoms with Crippen LogP contribution in [-0.4, -0.2) is 51.3 Å². The van der Waals surface area contributed by atoms with Gasteiger partial charge in [-0.1, -0.05) is 29.3 Å². The number of benzene rings is 2. The normalized spacial score (nSPS) is 18.2. The summed E-state index contributed by atoms with van der Waals surface area (Å²) in [5.74, 6) is -1.15. The van der Waals surface area contributed by atoms with E-state index >= 15 is 0 Å². The second-order valence-electron chi connectivity index (χ2n) is 7.06. The lowest BCUT2D eigenvalue weighted by Crippen LogP contribution is -2.54. The number of urea groups is 1. The molecular weight excluding hydrogens is 457 g/mol. The number of rotatable bonds is 4. The molecule has 0 atom stereocenters. The number of morpholine rings is 1. The number of barbiturate groups is 1. The summed E-state index contributed by atoms with van der Waals surface area (Å²) in [5.41, 5.74) is 1.29. The zero-order valence-electron chi connectivity index (χ0n) is 17.1. The highest BCUT2D eigenvalue weighted by Crippen LogP contribution is 2.35. The quantitative estimate of drug-likeness (QED) is 0.537. The SMILES string of the molecule is COc1cc(N2CCOCC2)ccc1/C=C1\C(=O)NC(=O)N(c2cccc(Cl)c2Cl)C1=O. The van der Waals surface area contributed by atoms with Gasteiger partial charge in [-0.15, -0.1) is 0 Å². The minimum Gasteiger partial charge on any atom is -0.496 e. The zero-order chi connectivity index (χ0) is 22.8. The molecule has 0 unspecified atom stereocenters.